The van der Waals surface area contributed by atoms with Crippen molar-refractivity contribution in [2.24, 2.45) is 5.73 Å². The molecule has 0 aliphatic carbocycles. The molecule has 0 spiro atoms. The lowest BCUT2D eigenvalue weighted by Crippen LogP contribution is -2.61. The van der Waals surface area contributed by atoms with E-state index in [2.05, 4.69) is 11.9 Å². The van der Waals surface area contributed by atoms with Crippen LogP contribution < -0.4 is 11.1 Å². The van der Waals surface area contributed by atoms with E-state index in [1.54, 1.807) is 6.92 Å². The fourth-order valence-corrected chi connectivity index (χ4v) is 1.97. The van der Waals surface area contributed by atoms with Crippen molar-refractivity contribution in [3.63, 3.8) is 0 Å². The molecule has 114 valence electrons. The molecule has 0 saturated carbocycles. The second-order valence-electron chi connectivity index (χ2n) is 5.66. The topological polar surface area (TPSA) is 92.4 Å². The van der Waals surface area contributed by atoms with Gasteiger partial charge in [-0.05, 0) is 32.3 Å². The van der Waals surface area contributed by atoms with E-state index in [1.807, 2.05) is 30.3 Å². The maximum absolute atomic E-state index is 12.3. The Hall–Kier alpha value is -2.14. The second-order valence-corrected chi connectivity index (χ2v) is 5.66. The number of rotatable bonds is 7. The van der Waals surface area contributed by atoms with Crippen molar-refractivity contribution in [3.8, 4) is 0 Å². The van der Waals surface area contributed by atoms with Gasteiger partial charge in [0, 0.05) is 0 Å². The first-order valence-electron chi connectivity index (χ1n) is 6.71. The normalized spacial score (nSPS) is 16.3. The molecule has 2 atom stereocenters. The molecule has 0 bridgehead atoms. The lowest BCUT2D eigenvalue weighted by Gasteiger charge is -2.31. The van der Waals surface area contributed by atoms with Gasteiger partial charge in [-0.3, -0.25) is 4.79 Å². The van der Waals surface area contributed by atoms with Crippen LogP contribution in [0.2, 0.25) is 0 Å². The number of carboxylic acids is 1. The van der Waals surface area contributed by atoms with Crippen molar-refractivity contribution in [2.75, 3.05) is 0 Å². The Bertz CT molecular complexity index is 526. The van der Waals surface area contributed by atoms with Gasteiger partial charge in [0.05, 0.1) is 5.54 Å². The van der Waals surface area contributed by atoms with Gasteiger partial charge in [-0.2, -0.15) is 0 Å². The smallest absolute Gasteiger partial charge is 0.329 e. The Kier molecular flexibility index (Phi) is 5.27. The first-order valence-corrected chi connectivity index (χ1v) is 6.71. The lowest BCUT2D eigenvalue weighted by atomic mass is 9.90. The molecule has 0 radical (unpaired) electrons. The van der Waals surface area contributed by atoms with E-state index in [0.29, 0.717) is 6.42 Å². The molecular weight excluding hydrogens is 268 g/mol. The summed E-state index contributed by atoms with van der Waals surface area (Å²) in [7, 11) is 0. The van der Waals surface area contributed by atoms with Gasteiger partial charge in [0.25, 0.3) is 0 Å². The number of carboxylic acid groups (broad SMARTS) is 1. The number of hydrogen-bond acceptors (Lipinski definition) is 3. The van der Waals surface area contributed by atoms with Crippen molar-refractivity contribution < 1.29 is 14.7 Å². The van der Waals surface area contributed by atoms with E-state index in [0.717, 1.165) is 5.56 Å². The maximum atomic E-state index is 12.3. The molecule has 1 aromatic carbocycles. The highest BCUT2D eigenvalue weighted by Crippen LogP contribution is 2.16. The van der Waals surface area contributed by atoms with Crippen LogP contribution in [0.4, 0.5) is 0 Å². The minimum absolute atomic E-state index is 0.121. The van der Waals surface area contributed by atoms with Crippen LogP contribution in [-0.2, 0) is 16.0 Å². The fourth-order valence-electron chi connectivity index (χ4n) is 1.97. The minimum Gasteiger partial charge on any atom is -0.480 e. The second kappa shape index (κ2) is 6.54. The Balaban J connectivity index is 2.85. The zero-order valence-corrected chi connectivity index (χ0v) is 12.4. The molecule has 0 aliphatic heterocycles. The molecule has 4 N–H and O–H groups in total. The largest absolute Gasteiger partial charge is 0.480 e. The van der Waals surface area contributed by atoms with Crippen LogP contribution in [0.1, 0.15) is 25.8 Å². The zero-order valence-electron chi connectivity index (χ0n) is 12.4. The number of carbonyl (C=O) groups excluding carboxylic acids is 1. The first-order chi connectivity index (χ1) is 9.71. The molecule has 0 heterocycles. The van der Waals surface area contributed by atoms with E-state index in [-0.39, 0.29) is 6.42 Å². The molecule has 5 heteroatoms. The Morgan fingerprint density at radius 3 is 2.38 bits per heavy atom. The van der Waals surface area contributed by atoms with Gasteiger partial charge < -0.3 is 16.2 Å². The highest BCUT2D eigenvalue weighted by Gasteiger charge is 2.38. The number of amides is 1. The number of carbonyl (C=O) groups is 2. The van der Waals surface area contributed by atoms with Gasteiger partial charge in [-0.25, -0.2) is 4.79 Å². The Morgan fingerprint density at radius 2 is 1.90 bits per heavy atom. The van der Waals surface area contributed by atoms with Crippen molar-refractivity contribution in [2.45, 2.75) is 37.8 Å². The average molecular weight is 290 g/mol. The van der Waals surface area contributed by atoms with Gasteiger partial charge in [0.2, 0.25) is 5.91 Å². The van der Waals surface area contributed by atoms with Crippen LogP contribution in [-0.4, -0.2) is 28.1 Å². The summed E-state index contributed by atoms with van der Waals surface area (Å²) in [6.07, 6.45) is 1.90. The lowest BCUT2D eigenvalue weighted by molar-refractivity contribution is -0.147. The first kappa shape index (κ1) is 16.9. The average Bonchev–Trinajstić information content (AvgIpc) is 2.39. The summed E-state index contributed by atoms with van der Waals surface area (Å²) >= 11 is 0. The quantitative estimate of drug-likeness (QED) is 0.663. The Labute approximate surface area is 124 Å². The van der Waals surface area contributed by atoms with Gasteiger partial charge in [0.1, 0.15) is 5.54 Å². The summed E-state index contributed by atoms with van der Waals surface area (Å²) in [5, 5.41) is 11.8. The van der Waals surface area contributed by atoms with E-state index in [4.69, 9.17) is 5.73 Å². The maximum Gasteiger partial charge on any atom is 0.329 e. The monoisotopic (exact) mass is 290 g/mol. The van der Waals surface area contributed by atoms with E-state index < -0.39 is 23.0 Å². The number of aliphatic carboxylic acids is 1. The van der Waals surface area contributed by atoms with Crippen LogP contribution >= 0.6 is 0 Å². The fraction of sp³-hybridized carbons (Fsp3) is 0.375. The van der Waals surface area contributed by atoms with Crippen LogP contribution in [0.15, 0.2) is 43.0 Å². The molecule has 21 heavy (non-hydrogen) atoms. The molecule has 0 aliphatic rings. The predicted octanol–water partition coefficient (Wildman–Crippen LogP) is 1.48. The summed E-state index contributed by atoms with van der Waals surface area (Å²) in [4.78, 5) is 23.7. The SMILES string of the molecule is C=CC[C@@](C)(NC(=O)[C@@](C)(N)Cc1ccccc1)C(=O)O. The summed E-state index contributed by atoms with van der Waals surface area (Å²) < 4.78 is 0. The van der Waals surface area contributed by atoms with Crippen molar-refractivity contribution in [1.82, 2.24) is 5.32 Å². The van der Waals surface area contributed by atoms with Crippen molar-refractivity contribution >= 4 is 11.9 Å². The molecule has 1 rings (SSSR count). The third-order valence-corrected chi connectivity index (χ3v) is 3.35. The third kappa shape index (κ3) is 4.43. The predicted molar refractivity (Wildman–Crippen MR) is 81.7 cm³/mol. The molecule has 1 aromatic rings. The van der Waals surface area contributed by atoms with Crippen LogP contribution in [0.25, 0.3) is 0 Å². The van der Waals surface area contributed by atoms with Gasteiger partial charge >= 0.3 is 5.97 Å². The van der Waals surface area contributed by atoms with Crippen LogP contribution in [0.5, 0.6) is 0 Å². The van der Waals surface area contributed by atoms with Crippen molar-refractivity contribution in [1.29, 1.82) is 0 Å². The van der Waals surface area contributed by atoms with Crippen LogP contribution in [0, 0.1) is 0 Å². The molecule has 0 aromatic heterocycles. The summed E-state index contributed by atoms with van der Waals surface area (Å²) in [6, 6.07) is 9.35. The van der Waals surface area contributed by atoms with E-state index in [9.17, 15) is 14.7 Å². The van der Waals surface area contributed by atoms with Gasteiger partial charge in [-0.1, -0.05) is 36.4 Å². The van der Waals surface area contributed by atoms with Gasteiger partial charge in [-0.15, -0.1) is 6.58 Å². The standard InChI is InChI=1S/C16H22N2O3/c1-4-10-16(3,14(20)21)18-13(19)15(2,17)11-12-8-6-5-7-9-12/h4-9H,1,10-11,17H2,2-3H3,(H,18,19)(H,20,21)/t15-,16+/m0/s1. The molecular formula is C16H22N2O3. The summed E-state index contributed by atoms with van der Waals surface area (Å²) in [5.41, 5.74) is 4.38. The highest BCUT2D eigenvalue weighted by atomic mass is 16.4. The molecule has 0 unspecified atom stereocenters. The molecule has 0 fully saturated rings. The molecule has 1 amide bonds. The van der Waals surface area contributed by atoms with E-state index >= 15 is 0 Å². The minimum atomic E-state index is -1.41. The van der Waals surface area contributed by atoms with Crippen molar-refractivity contribution in [3.05, 3.63) is 48.6 Å². The van der Waals surface area contributed by atoms with Gasteiger partial charge in [0.15, 0.2) is 0 Å². The summed E-state index contributed by atoms with van der Waals surface area (Å²) in [6.45, 7) is 6.55. The third-order valence-electron chi connectivity index (χ3n) is 3.35. The number of hydrogen-bond donors (Lipinski definition) is 3. The number of benzene rings is 1. The number of nitrogens with one attached hydrogen (secondary N) is 1. The van der Waals surface area contributed by atoms with E-state index in [1.165, 1.54) is 13.0 Å². The number of nitrogens with two attached hydrogens (primary N) is 1. The van der Waals surface area contributed by atoms with Crippen LogP contribution in [0.3, 0.4) is 0 Å². The molecule has 5 nitrogen and oxygen atoms in total. The highest BCUT2D eigenvalue weighted by molar-refractivity contribution is 5.91. The summed E-state index contributed by atoms with van der Waals surface area (Å²) in [5.74, 6) is -1.62. The zero-order chi connectivity index (χ0) is 16.1. The molecule has 0 saturated heterocycles. The Morgan fingerprint density at radius 1 is 1.33 bits per heavy atom.